The van der Waals surface area contributed by atoms with Gasteiger partial charge in [-0.3, -0.25) is 4.99 Å². The maximum Gasteiger partial charge on any atom is 0.409 e. The summed E-state index contributed by atoms with van der Waals surface area (Å²) in [6.45, 7) is 7.57. The molecule has 1 aromatic rings. The van der Waals surface area contributed by atoms with E-state index in [1.807, 2.05) is 6.08 Å². The molecule has 4 nitrogen and oxygen atoms in total. The van der Waals surface area contributed by atoms with Crippen LogP contribution in [0.3, 0.4) is 0 Å². The Morgan fingerprint density at radius 1 is 1.42 bits per heavy atom. The lowest BCUT2D eigenvalue weighted by Gasteiger charge is -2.39. The van der Waals surface area contributed by atoms with Crippen molar-refractivity contribution in [3.63, 3.8) is 0 Å². The van der Waals surface area contributed by atoms with Crippen LogP contribution in [-0.2, 0) is 4.74 Å². The molecule has 138 valence electrons. The summed E-state index contributed by atoms with van der Waals surface area (Å²) in [5, 5.41) is 0. The van der Waals surface area contributed by atoms with Gasteiger partial charge in [0.15, 0.2) is 0 Å². The van der Waals surface area contributed by atoms with Crippen molar-refractivity contribution in [1.82, 2.24) is 4.90 Å². The fraction of sp³-hybridized carbons (Fsp3) is 0.429. The van der Waals surface area contributed by atoms with Gasteiger partial charge in [-0.2, -0.15) is 0 Å². The number of nitrogens with zero attached hydrogens (tertiary/aromatic N) is 2. The van der Waals surface area contributed by atoms with E-state index in [1.54, 1.807) is 31.2 Å². The molecule has 1 aromatic carbocycles. The second-order valence-corrected chi connectivity index (χ2v) is 6.85. The van der Waals surface area contributed by atoms with Gasteiger partial charge in [-0.15, -0.1) is 0 Å². The second-order valence-electron chi connectivity index (χ2n) is 6.85. The van der Waals surface area contributed by atoms with Crippen molar-refractivity contribution in [2.24, 2.45) is 10.4 Å². The van der Waals surface area contributed by atoms with E-state index >= 15 is 0 Å². The van der Waals surface area contributed by atoms with E-state index < -0.39 is 0 Å². The molecule has 0 bridgehead atoms. The Kier molecular flexibility index (Phi) is 6.57. The van der Waals surface area contributed by atoms with Crippen LogP contribution >= 0.6 is 0 Å². The van der Waals surface area contributed by atoms with Crippen molar-refractivity contribution in [3.05, 3.63) is 46.8 Å². The molecule has 1 amide bonds. The maximum absolute atomic E-state index is 13.6. The Morgan fingerprint density at radius 3 is 2.85 bits per heavy atom. The van der Waals surface area contributed by atoms with Gasteiger partial charge in [-0.25, -0.2) is 9.18 Å². The van der Waals surface area contributed by atoms with Crippen molar-refractivity contribution in [1.29, 1.82) is 0 Å². The molecule has 2 rings (SSSR count). The van der Waals surface area contributed by atoms with Gasteiger partial charge < -0.3 is 9.64 Å². The zero-order chi connectivity index (χ0) is 19.2. The number of hydrogen-bond acceptors (Lipinski definition) is 3. The fourth-order valence-corrected chi connectivity index (χ4v) is 3.00. The first-order valence-electron chi connectivity index (χ1n) is 8.71. The molecule has 1 aliphatic rings. The zero-order valence-corrected chi connectivity index (χ0v) is 15.8. The van der Waals surface area contributed by atoms with Crippen LogP contribution in [0.5, 0.6) is 0 Å². The van der Waals surface area contributed by atoms with Crippen molar-refractivity contribution < 1.29 is 13.9 Å². The number of aliphatic imine (C=N–C) groups is 1. The Balaban J connectivity index is 2.15. The lowest BCUT2D eigenvalue weighted by molar-refractivity contribution is 0.0862. The molecular formula is C21H25FN2O2. The van der Waals surface area contributed by atoms with E-state index in [2.05, 4.69) is 30.7 Å². The molecule has 1 saturated heterocycles. The molecule has 1 aliphatic heterocycles. The van der Waals surface area contributed by atoms with E-state index in [0.29, 0.717) is 30.8 Å². The van der Waals surface area contributed by atoms with Gasteiger partial charge in [-0.05, 0) is 43.2 Å². The van der Waals surface area contributed by atoms with E-state index in [0.717, 1.165) is 6.42 Å². The molecule has 0 aliphatic carbocycles. The van der Waals surface area contributed by atoms with Crippen molar-refractivity contribution >= 4 is 12.3 Å². The smallest absolute Gasteiger partial charge is 0.409 e. The highest BCUT2D eigenvalue weighted by atomic mass is 19.1. The first kappa shape index (κ1) is 19.7. The number of amides is 1. The molecule has 0 atom stereocenters. The quantitative estimate of drug-likeness (QED) is 0.593. The predicted molar refractivity (Wildman–Crippen MR) is 102 cm³/mol. The normalized spacial score (nSPS) is 17.9. The van der Waals surface area contributed by atoms with Crippen LogP contribution in [0.15, 0.2) is 34.8 Å². The largest absolute Gasteiger partial charge is 0.450 e. The van der Waals surface area contributed by atoms with Crippen LogP contribution in [0.2, 0.25) is 0 Å². The number of ether oxygens (including phenoxy) is 1. The molecule has 0 N–H and O–H groups in total. The molecule has 0 aromatic heterocycles. The molecular weight excluding hydrogens is 331 g/mol. The summed E-state index contributed by atoms with van der Waals surface area (Å²) in [6.07, 6.45) is 3.97. The average Bonchev–Trinajstić information content (AvgIpc) is 2.56. The fourth-order valence-electron chi connectivity index (χ4n) is 3.00. The number of likely N-dealkylation sites (tertiary alicyclic amines) is 1. The number of carbonyl (C=O) groups excluding carboxylic acids is 1. The molecule has 26 heavy (non-hydrogen) atoms. The lowest BCUT2D eigenvalue weighted by atomic mass is 9.79. The van der Waals surface area contributed by atoms with Gasteiger partial charge >= 0.3 is 6.09 Å². The predicted octanol–water partition coefficient (Wildman–Crippen LogP) is 4.04. The highest BCUT2D eigenvalue weighted by Gasteiger charge is 2.33. The first-order chi connectivity index (χ1) is 12.4. The van der Waals surface area contributed by atoms with Gasteiger partial charge in [0.2, 0.25) is 0 Å². The van der Waals surface area contributed by atoms with Gasteiger partial charge in [0.25, 0.3) is 0 Å². The molecule has 5 heteroatoms. The first-order valence-corrected chi connectivity index (χ1v) is 8.71. The molecule has 0 saturated carbocycles. The SMILES string of the molecule is CCOC(=O)N1CC/C(=C\C#Cc2cc(F)cc(/C=N/C)c2)C(C)(C)C1. The van der Waals surface area contributed by atoms with Gasteiger partial charge in [0.1, 0.15) is 5.82 Å². The zero-order valence-electron chi connectivity index (χ0n) is 15.8. The van der Waals surface area contributed by atoms with Gasteiger partial charge in [-0.1, -0.05) is 31.3 Å². The molecule has 0 unspecified atom stereocenters. The van der Waals surface area contributed by atoms with Crippen LogP contribution in [0.4, 0.5) is 9.18 Å². The Labute approximate surface area is 154 Å². The summed E-state index contributed by atoms with van der Waals surface area (Å²) in [7, 11) is 1.64. The van der Waals surface area contributed by atoms with E-state index in [-0.39, 0.29) is 17.3 Å². The maximum atomic E-state index is 13.6. The van der Waals surface area contributed by atoms with Crippen molar-refractivity contribution in [2.45, 2.75) is 27.2 Å². The summed E-state index contributed by atoms with van der Waals surface area (Å²) in [6, 6.07) is 4.63. The number of benzene rings is 1. The Hall–Kier alpha value is -2.61. The standard InChI is InChI=1S/C21H25FN2O2/c1-5-26-20(25)24-10-9-18(21(2,3)15-24)8-6-7-16-11-17(14-23-4)13-19(22)12-16/h8,11-14H,5,9-10,15H2,1-4H3/b18-8+,23-14+. The van der Waals surface area contributed by atoms with Crippen LogP contribution in [-0.4, -0.2) is 44.0 Å². The van der Waals surface area contributed by atoms with Gasteiger partial charge in [0.05, 0.1) is 6.61 Å². The molecule has 0 radical (unpaired) electrons. The third kappa shape index (κ3) is 5.19. The number of rotatable bonds is 2. The van der Waals surface area contributed by atoms with Crippen LogP contribution in [0.1, 0.15) is 38.3 Å². The molecule has 1 heterocycles. The third-order valence-electron chi connectivity index (χ3n) is 4.29. The minimum absolute atomic E-state index is 0.179. The highest BCUT2D eigenvalue weighted by molar-refractivity contribution is 5.80. The number of allylic oxidation sites excluding steroid dienone is 1. The van der Waals surface area contributed by atoms with E-state index in [4.69, 9.17) is 4.74 Å². The van der Waals surface area contributed by atoms with Crippen LogP contribution in [0, 0.1) is 23.1 Å². The number of carbonyl (C=O) groups is 1. The minimum Gasteiger partial charge on any atom is -0.450 e. The summed E-state index contributed by atoms with van der Waals surface area (Å²) in [5.41, 5.74) is 2.30. The van der Waals surface area contributed by atoms with E-state index in [9.17, 15) is 9.18 Å². The third-order valence-corrected chi connectivity index (χ3v) is 4.29. The summed E-state index contributed by atoms with van der Waals surface area (Å²) >= 11 is 0. The van der Waals surface area contributed by atoms with Crippen LogP contribution < -0.4 is 0 Å². The van der Waals surface area contributed by atoms with Crippen molar-refractivity contribution in [3.8, 4) is 11.8 Å². The van der Waals surface area contributed by atoms with Crippen molar-refractivity contribution in [2.75, 3.05) is 26.7 Å². The lowest BCUT2D eigenvalue weighted by Crippen LogP contribution is -2.45. The number of halogens is 1. The summed E-state index contributed by atoms with van der Waals surface area (Å²) in [4.78, 5) is 17.6. The Morgan fingerprint density at radius 2 is 2.19 bits per heavy atom. The summed E-state index contributed by atoms with van der Waals surface area (Å²) in [5.74, 6) is 5.69. The topological polar surface area (TPSA) is 41.9 Å². The number of piperidine rings is 1. The number of hydrogen-bond donors (Lipinski definition) is 0. The second kappa shape index (κ2) is 8.66. The molecule has 0 spiro atoms. The average molecular weight is 356 g/mol. The molecule has 1 fully saturated rings. The van der Waals surface area contributed by atoms with E-state index in [1.165, 1.54) is 17.7 Å². The monoisotopic (exact) mass is 356 g/mol. The highest BCUT2D eigenvalue weighted by Crippen LogP contribution is 2.34. The minimum atomic E-state index is -0.331. The van der Waals surface area contributed by atoms with Gasteiger partial charge in [0, 0.05) is 37.3 Å². The van der Waals surface area contributed by atoms with Crippen LogP contribution in [0.25, 0.3) is 0 Å². The summed E-state index contributed by atoms with van der Waals surface area (Å²) < 4.78 is 18.7. The Bertz CT molecular complexity index is 785.